The average molecular weight is 302 g/mol. The van der Waals surface area contributed by atoms with Gasteiger partial charge in [-0.2, -0.15) is 0 Å². The van der Waals surface area contributed by atoms with Crippen molar-refractivity contribution in [2.75, 3.05) is 20.3 Å². The van der Waals surface area contributed by atoms with E-state index in [2.05, 4.69) is 37.5 Å². The molecule has 0 saturated heterocycles. The molecule has 3 aromatic rings. The number of aromatic nitrogens is 3. The van der Waals surface area contributed by atoms with Crippen LogP contribution in [0.15, 0.2) is 35.4 Å². The number of hydrogen-bond acceptors (Lipinski definition) is 5. The van der Waals surface area contributed by atoms with E-state index in [-0.39, 0.29) is 0 Å². The molecule has 0 atom stereocenters. The monoisotopic (exact) mass is 302 g/mol. The third-order valence-electron chi connectivity index (χ3n) is 3.33. The van der Waals surface area contributed by atoms with Crippen LogP contribution >= 0.6 is 11.3 Å². The summed E-state index contributed by atoms with van der Waals surface area (Å²) in [5.41, 5.74) is 5.20. The van der Waals surface area contributed by atoms with Gasteiger partial charge in [-0.3, -0.25) is 0 Å². The molecule has 0 spiro atoms. The van der Waals surface area contributed by atoms with E-state index in [0.29, 0.717) is 0 Å². The normalized spacial score (nSPS) is 11.3. The second kappa shape index (κ2) is 6.80. The molecule has 0 aliphatic rings. The molecule has 1 N–H and O–H groups in total. The van der Waals surface area contributed by atoms with Crippen LogP contribution < -0.4 is 5.32 Å². The fourth-order valence-corrected chi connectivity index (χ4v) is 2.89. The van der Waals surface area contributed by atoms with Crippen LogP contribution in [0.5, 0.6) is 0 Å². The lowest BCUT2D eigenvalue weighted by Gasteiger charge is -2.02. The molecule has 0 fully saturated rings. The minimum Gasteiger partial charge on any atom is -0.383 e. The second-order valence-corrected chi connectivity index (χ2v) is 5.52. The van der Waals surface area contributed by atoms with E-state index in [1.54, 1.807) is 18.4 Å². The van der Waals surface area contributed by atoms with Gasteiger partial charge in [0, 0.05) is 43.4 Å². The highest BCUT2D eigenvalue weighted by molar-refractivity contribution is 7.07. The Morgan fingerprint density at radius 2 is 2.33 bits per heavy atom. The number of rotatable bonds is 7. The Labute approximate surface area is 127 Å². The van der Waals surface area contributed by atoms with Gasteiger partial charge in [0.1, 0.15) is 5.65 Å². The number of ether oxygens (including phenoxy) is 1. The van der Waals surface area contributed by atoms with Gasteiger partial charge in [-0.15, -0.1) is 11.3 Å². The Morgan fingerprint density at radius 3 is 3.14 bits per heavy atom. The molecule has 3 heterocycles. The van der Waals surface area contributed by atoms with Gasteiger partial charge < -0.3 is 14.6 Å². The molecule has 0 saturated carbocycles. The second-order valence-electron chi connectivity index (χ2n) is 4.81. The molecule has 6 heteroatoms. The Hall–Kier alpha value is -1.76. The van der Waals surface area contributed by atoms with Crippen molar-refractivity contribution in [1.82, 2.24) is 19.9 Å². The number of nitrogens with zero attached hydrogens (tertiary/aromatic N) is 3. The van der Waals surface area contributed by atoms with Crippen molar-refractivity contribution >= 4 is 22.4 Å². The van der Waals surface area contributed by atoms with E-state index in [9.17, 15) is 0 Å². The van der Waals surface area contributed by atoms with Crippen LogP contribution in [-0.2, 0) is 17.8 Å². The van der Waals surface area contributed by atoms with Crippen LogP contribution in [0.1, 0.15) is 11.3 Å². The topological polar surface area (TPSA) is 52.0 Å². The van der Waals surface area contributed by atoms with Crippen LogP contribution in [0.4, 0.5) is 0 Å². The minimum atomic E-state index is 0.718. The highest BCUT2D eigenvalue weighted by Crippen LogP contribution is 2.20. The van der Waals surface area contributed by atoms with E-state index in [1.165, 1.54) is 10.9 Å². The summed E-state index contributed by atoms with van der Waals surface area (Å²) in [6, 6.07) is 4.10. The standard InChI is InChI=1S/C15H18N4OS/c1-20-6-5-16-7-12-8-19(9-13-10-21-11-18-13)15-14(12)3-2-4-17-15/h2-4,8,10-11,16H,5-7,9H2,1H3. The third kappa shape index (κ3) is 3.29. The lowest BCUT2D eigenvalue weighted by Crippen LogP contribution is -2.18. The highest BCUT2D eigenvalue weighted by atomic mass is 32.1. The summed E-state index contributed by atoms with van der Waals surface area (Å²) < 4.78 is 7.22. The summed E-state index contributed by atoms with van der Waals surface area (Å²) in [4.78, 5) is 8.86. The van der Waals surface area contributed by atoms with Crippen LogP contribution in [0.25, 0.3) is 11.0 Å². The molecule has 0 bridgehead atoms. The zero-order chi connectivity index (χ0) is 14.5. The van der Waals surface area contributed by atoms with E-state index >= 15 is 0 Å². The molecule has 110 valence electrons. The number of fused-ring (bicyclic) bond motifs is 1. The summed E-state index contributed by atoms with van der Waals surface area (Å²) in [5.74, 6) is 0. The first-order valence-electron chi connectivity index (χ1n) is 6.88. The lowest BCUT2D eigenvalue weighted by atomic mass is 10.2. The molecule has 0 radical (unpaired) electrons. The largest absolute Gasteiger partial charge is 0.383 e. The Morgan fingerprint density at radius 1 is 1.38 bits per heavy atom. The Balaban J connectivity index is 1.83. The molecule has 5 nitrogen and oxygen atoms in total. The molecule has 3 rings (SSSR count). The zero-order valence-corrected chi connectivity index (χ0v) is 12.8. The Kier molecular flexibility index (Phi) is 4.59. The van der Waals surface area contributed by atoms with Crippen molar-refractivity contribution in [2.45, 2.75) is 13.1 Å². The maximum atomic E-state index is 5.06. The van der Waals surface area contributed by atoms with Gasteiger partial charge in [0.15, 0.2) is 0 Å². The maximum Gasteiger partial charge on any atom is 0.140 e. The highest BCUT2D eigenvalue weighted by Gasteiger charge is 2.09. The Bertz CT molecular complexity index is 693. The van der Waals surface area contributed by atoms with Gasteiger partial charge in [0.25, 0.3) is 0 Å². The summed E-state index contributed by atoms with van der Waals surface area (Å²) in [6.45, 7) is 3.13. The van der Waals surface area contributed by atoms with Gasteiger partial charge in [0.2, 0.25) is 0 Å². The molecule has 0 aliphatic heterocycles. The summed E-state index contributed by atoms with van der Waals surface area (Å²) in [5, 5.41) is 6.65. The summed E-state index contributed by atoms with van der Waals surface area (Å²) in [6.07, 6.45) is 4.00. The average Bonchev–Trinajstić information content (AvgIpc) is 3.13. The van der Waals surface area contributed by atoms with Crippen LogP contribution in [0.3, 0.4) is 0 Å². The molecular formula is C15H18N4OS. The molecule has 0 aromatic carbocycles. The van der Waals surface area contributed by atoms with Gasteiger partial charge in [-0.05, 0) is 17.7 Å². The number of hydrogen-bond donors (Lipinski definition) is 1. The van der Waals surface area contributed by atoms with Crippen LogP contribution in [0.2, 0.25) is 0 Å². The van der Waals surface area contributed by atoms with E-state index in [4.69, 9.17) is 4.74 Å². The first-order valence-corrected chi connectivity index (χ1v) is 7.82. The van der Waals surface area contributed by atoms with Crippen molar-refractivity contribution < 1.29 is 4.74 Å². The number of nitrogens with one attached hydrogen (secondary N) is 1. The third-order valence-corrected chi connectivity index (χ3v) is 3.97. The van der Waals surface area contributed by atoms with Crippen LogP contribution in [-0.4, -0.2) is 34.8 Å². The molecule has 0 aliphatic carbocycles. The number of pyridine rings is 1. The maximum absolute atomic E-state index is 5.06. The minimum absolute atomic E-state index is 0.718. The predicted octanol–water partition coefficient (Wildman–Crippen LogP) is 2.28. The van der Waals surface area contributed by atoms with Crippen molar-refractivity contribution in [3.8, 4) is 0 Å². The molecule has 3 aromatic heterocycles. The van der Waals surface area contributed by atoms with Crippen molar-refractivity contribution in [1.29, 1.82) is 0 Å². The predicted molar refractivity (Wildman–Crippen MR) is 84.5 cm³/mol. The molecule has 0 amide bonds. The number of thiazole rings is 1. The van der Waals surface area contributed by atoms with Gasteiger partial charge in [-0.1, -0.05) is 0 Å². The molecule has 0 unspecified atom stereocenters. The van der Waals surface area contributed by atoms with E-state index in [1.807, 2.05) is 17.8 Å². The van der Waals surface area contributed by atoms with E-state index < -0.39 is 0 Å². The van der Waals surface area contributed by atoms with Gasteiger partial charge >= 0.3 is 0 Å². The van der Waals surface area contributed by atoms with Crippen molar-refractivity contribution in [3.05, 3.63) is 46.7 Å². The summed E-state index contributed by atoms with van der Waals surface area (Å²) >= 11 is 1.62. The van der Waals surface area contributed by atoms with Crippen molar-refractivity contribution in [2.24, 2.45) is 0 Å². The number of methoxy groups -OCH3 is 1. The zero-order valence-electron chi connectivity index (χ0n) is 12.0. The van der Waals surface area contributed by atoms with Crippen LogP contribution in [0, 0.1) is 0 Å². The van der Waals surface area contributed by atoms with Crippen molar-refractivity contribution in [3.63, 3.8) is 0 Å². The smallest absolute Gasteiger partial charge is 0.140 e. The SMILES string of the molecule is COCCNCc1cn(Cc2cscn2)c2ncccc12. The van der Waals surface area contributed by atoms with Gasteiger partial charge in [-0.25, -0.2) is 9.97 Å². The fraction of sp³-hybridized carbons (Fsp3) is 0.333. The first kappa shape index (κ1) is 14.2. The fourth-order valence-electron chi connectivity index (χ4n) is 2.34. The van der Waals surface area contributed by atoms with Gasteiger partial charge in [0.05, 0.1) is 24.4 Å². The quantitative estimate of drug-likeness (QED) is 0.680. The summed E-state index contributed by atoms with van der Waals surface area (Å²) in [7, 11) is 1.71. The molecular weight excluding hydrogens is 284 g/mol. The molecule has 21 heavy (non-hydrogen) atoms. The van der Waals surface area contributed by atoms with E-state index in [0.717, 1.165) is 37.6 Å². The first-order chi connectivity index (χ1) is 10.4. The lowest BCUT2D eigenvalue weighted by molar-refractivity contribution is 0.199.